The van der Waals surface area contributed by atoms with Crippen LogP contribution in [-0.4, -0.2) is 80.1 Å². The number of ether oxygens (including phenoxy) is 1. The van der Waals surface area contributed by atoms with Crippen molar-refractivity contribution in [2.75, 3.05) is 57.4 Å². The van der Waals surface area contributed by atoms with E-state index in [2.05, 4.69) is 36.6 Å². The third-order valence-electron chi connectivity index (χ3n) is 7.29. The molecule has 0 amide bonds. The van der Waals surface area contributed by atoms with E-state index in [-0.39, 0.29) is 6.04 Å². The van der Waals surface area contributed by atoms with Crippen molar-refractivity contribution >= 4 is 26.7 Å². The van der Waals surface area contributed by atoms with Crippen molar-refractivity contribution in [2.45, 2.75) is 37.6 Å². The van der Waals surface area contributed by atoms with Gasteiger partial charge in [-0.1, -0.05) is 38.1 Å². The summed E-state index contributed by atoms with van der Waals surface area (Å²) < 4.78 is 33.6. The molecule has 3 aromatic rings. The number of sulfonamides is 1. The van der Waals surface area contributed by atoms with Gasteiger partial charge >= 0.3 is 0 Å². The van der Waals surface area contributed by atoms with E-state index in [0.29, 0.717) is 50.2 Å². The number of nitrogens with zero attached hydrogens (tertiary/aromatic N) is 5. The number of fused-ring (bicyclic) bond motifs is 1. The minimum Gasteiger partial charge on any atom is -0.378 e. The Bertz CT molecular complexity index is 1300. The summed E-state index contributed by atoms with van der Waals surface area (Å²) in [7, 11) is -3.51. The number of hydrogen-bond donors (Lipinski definition) is 0. The molecule has 0 radical (unpaired) electrons. The molecule has 36 heavy (non-hydrogen) atoms. The highest BCUT2D eigenvalue weighted by Gasteiger charge is 2.31. The number of aromatic nitrogens is 2. The van der Waals surface area contributed by atoms with Crippen molar-refractivity contribution < 1.29 is 13.2 Å². The Hall–Kier alpha value is -2.59. The van der Waals surface area contributed by atoms with Crippen molar-refractivity contribution in [1.82, 2.24) is 19.2 Å². The second-order valence-corrected chi connectivity index (χ2v) is 11.8. The number of rotatable bonds is 6. The largest absolute Gasteiger partial charge is 0.378 e. The second kappa shape index (κ2) is 10.4. The summed E-state index contributed by atoms with van der Waals surface area (Å²) in [6, 6.07) is 15.4. The molecular weight excluding hydrogens is 474 g/mol. The first-order valence-corrected chi connectivity index (χ1v) is 14.2. The van der Waals surface area contributed by atoms with Gasteiger partial charge in [-0.15, -0.1) is 0 Å². The van der Waals surface area contributed by atoms with Crippen molar-refractivity contribution in [3.8, 4) is 0 Å². The smallest absolute Gasteiger partial charge is 0.243 e. The summed E-state index contributed by atoms with van der Waals surface area (Å²) in [5, 5.41) is 1.05. The van der Waals surface area contributed by atoms with Gasteiger partial charge in [0.1, 0.15) is 11.6 Å². The van der Waals surface area contributed by atoms with Gasteiger partial charge in [-0.25, -0.2) is 18.4 Å². The van der Waals surface area contributed by atoms with Crippen LogP contribution >= 0.6 is 0 Å². The summed E-state index contributed by atoms with van der Waals surface area (Å²) >= 11 is 0. The molecule has 0 unspecified atom stereocenters. The molecule has 0 bridgehead atoms. The number of morpholine rings is 1. The van der Waals surface area contributed by atoms with Gasteiger partial charge in [0, 0.05) is 44.7 Å². The molecule has 9 heteroatoms. The van der Waals surface area contributed by atoms with Crippen LogP contribution in [0.25, 0.3) is 10.9 Å². The van der Waals surface area contributed by atoms with Crippen LogP contribution in [0.5, 0.6) is 0 Å². The molecule has 0 aliphatic carbocycles. The van der Waals surface area contributed by atoms with Gasteiger partial charge in [-0.2, -0.15) is 4.31 Å². The van der Waals surface area contributed by atoms with E-state index in [1.54, 1.807) is 16.4 Å². The molecule has 2 saturated heterocycles. The highest BCUT2D eigenvalue weighted by molar-refractivity contribution is 7.89. The molecule has 192 valence electrons. The highest BCUT2D eigenvalue weighted by atomic mass is 32.2. The van der Waals surface area contributed by atoms with E-state index in [9.17, 15) is 8.42 Å². The van der Waals surface area contributed by atoms with Gasteiger partial charge in [-0.05, 0) is 42.7 Å². The van der Waals surface area contributed by atoms with Crippen molar-refractivity contribution in [1.29, 1.82) is 0 Å². The number of hydrogen-bond acceptors (Lipinski definition) is 7. The van der Waals surface area contributed by atoms with Gasteiger partial charge in [0.2, 0.25) is 10.0 Å². The van der Waals surface area contributed by atoms with E-state index in [4.69, 9.17) is 14.7 Å². The third-order valence-corrected chi connectivity index (χ3v) is 9.20. The monoisotopic (exact) mass is 509 g/mol. The van der Waals surface area contributed by atoms with Crippen LogP contribution in [0.1, 0.15) is 44.1 Å². The molecule has 2 aliphatic rings. The molecule has 1 atom stereocenters. The Balaban J connectivity index is 1.32. The molecular formula is C27H35N5O3S. The van der Waals surface area contributed by atoms with Crippen LogP contribution < -0.4 is 4.90 Å². The zero-order chi connectivity index (χ0) is 25.3. The zero-order valence-electron chi connectivity index (χ0n) is 21.3. The Morgan fingerprint density at radius 1 is 0.833 bits per heavy atom. The standard InChI is InChI=1S/C27H35N5O3S/c1-20(2)22-8-10-23(11-9-22)36(33,34)32-14-12-30(13-15-32)21(3)26-28-25-7-5-4-6-24(25)27(29-26)31-16-18-35-19-17-31/h4-11,20-21H,12-19H2,1-3H3/t21-/m0/s1. The molecule has 2 aromatic carbocycles. The first kappa shape index (κ1) is 25.1. The van der Waals surface area contributed by atoms with E-state index in [1.165, 1.54) is 0 Å². The number of para-hydroxylation sites is 1. The van der Waals surface area contributed by atoms with E-state index in [1.807, 2.05) is 30.3 Å². The molecule has 8 nitrogen and oxygen atoms in total. The Labute approximate surface area is 213 Å². The molecule has 0 saturated carbocycles. The average Bonchev–Trinajstić information content (AvgIpc) is 2.92. The molecule has 3 heterocycles. The Kier molecular flexibility index (Phi) is 7.25. The summed E-state index contributed by atoms with van der Waals surface area (Å²) in [6.07, 6.45) is 0. The summed E-state index contributed by atoms with van der Waals surface area (Å²) in [5.41, 5.74) is 2.07. The lowest BCUT2D eigenvalue weighted by Gasteiger charge is -2.37. The zero-order valence-corrected chi connectivity index (χ0v) is 22.1. The Morgan fingerprint density at radius 3 is 2.17 bits per heavy atom. The molecule has 0 spiro atoms. The van der Waals surface area contributed by atoms with Gasteiger partial charge in [0.25, 0.3) is 0 Å². The summed E-state index contributed by atoms with van der Waals surface area (Å²) in [5.74, 6) is 2.10. The second-order valence-electron chi connectivity index (χ2n) is 9.86. The topological polar surface area (TPSA) is 78.9 Å². The van der Waals surface area contributed by atoms with Crippen LogP contribution in [0.4, 0.5) is 5.82 Å². The van der Waals surface area contributed by atoms with Gasteiger partial charge in [0.05, 0.1) is 29.7 Å². The quantitative estimate of drug-likeness (QED) is 0.502. The van der Waals surface area contributed by atoms with E-state index >= 15 is 0 Å². The van der Waals surface area contributed by atoms with Crippen molar-refractivity contribution in [3.05, 3.63) is 59.9 Å². The maximum absolute atomic E-state index is 13.2. The predicted molar refractivity (Wildman–Crippen MR) is 142 cm³/mol. The van der Waals surface area contributed by atoms with Gasteiger partial charge < -0.3 is 9.64 Å². The fourth-order valence-electron chi connectivity index (χ4n) is 4.95. The first-order valence-electron chi connectivity index (χ1n) is 12.8. The normalized spacial score (nSPS) is 19.2. The fourth-order valence-corrected chi connectivity index (χ4v) is 6.37. The average molecular weight is 510 g/mol. The first-order chi connectivity index (χ1) is 17.3. The SMILES string of the molecule is CC(C)c1ccc(S(=O)(=O)N2CCN([C@@H](C)c3nc(N4CCOCC4)c4ccccc4n3)CC2)cc1. The lowest BCUT2D eigenvalue weighted by Crippen LogP contribution is -2.49. The lowest BCUT2D eigenvalue weighted by atomic mass is 10.0. The predicted octanol–water partition coefficient (Wildman–Crippen LogP) is 3.66. The summed E-state index contributed by atoms with van der Waals surface area (Å²) in [4.78, 5) is 14.8. The van der Waals surface area contributed by atoms with Gasteiger partial charge in [-0.3, -0.25) is 4.90 Å². The lowest BCUT2D eigenvalue weighted by molar-refractivity contribution is 0.122. The number of benzene rings is 2. The van der Waals surface area contributed by atoms with Crippen molar-refractivity contribution in [3.63, 3.8) is 0 Å². The van der Waals surface area contributed by atoms with Crippen LogP contribution in [0, 0.1) is 0 Å². The van der Waals surface area contributed by atoms with E-state index in [0.717, 1.165) is 41.2 Å². The third kappa shape index (κ3) is 4.98. The van der Waals surface area contributed by atoms with Crippen LogP contribution in [-0.2, 0) is 14.8 Å². The molecule has 5 rings (SSSR count). The number of piperazine rings is 1. The Morgan fingerprint density at radius 2 is 1.50 bits per heavy atom. The molecule has 1 aromatic heterocycles. The molecule has 2 fully saturated rings. The van der Waals surface area contributed by atoms with Crippen LogP contribution in [0.3, 0.4) is 0 Å². The maximum Gasteiger partial charge on any atom is 0.243 e. The van der Waals surface area contributed by atoms with Crippen LogP contribution in [0.2, 0.25) is 0 Å². The van der Waals surface area contributed by atoms with Gasteiger partial charge in [0.15, 0.2) is 0 Å². The van der Waals surface area contributed by atoms with Crippen LogP contribution in [0.15, 0.2) is 53.4 Å². The molecule has 0 N–H and O–H groups in total. The maximum atomic E-state index is 13.2. The number of anilines is 1. The fraction of sp³-hybridized carbons (Fsp3) is 0.481. The molecule has 2 aliphatic heterocycles. The summed E-state index contributed by atoms with van der Waals surface area (Å²) in [6.45, 7) is 11.5. The van der Waals surface area contributed by atoms with Crippen molar-refractivity contribution in [2.24, 2.45) is 0 Å². The minimum atomic E-state index is -3.51. The van der Waals surface area contributed by atoms with E-state index < -0.39 is 10.0 Å². The minimum absolute atomic E-state index is 0.0235. The highest BCUT2D eigenvalue weighted by Crippen LogP contribution is 2.29.